The average molecular weight is 141 g/mol. The molecule has 0 radical (unpaired) electrons. The van der Waals surface area contributed by atoms with Crippen LogP contribution in [0.2, 0.25) is 0 Å². The van der Waals surface area contributed by atoms with Crippen molar-refractivity contribution in [2.75, 3.05) is 6.61 Å². The standard InChI is InChI=1S/C5H7NO2.C2H4/c1-2-4-3-8-5(7)6-4;1-2/h2,4H,1,3H2,(H,6,7);1-2H2. The van der Waals surface area contributed by atoms with E-state index in [0.717, 1.165) is 0 Å². The monoisotopic (exact) mass is 141 g/mol. The highest BCUT2D eigenvalue weighted by molar-refractivity contribution is 5.69. The molecule has 1 fully saturated rings. The van der Waals surface area contributed by atoms with Crippen LogP contribution in [0, 0.1) is 0 Å². The van der Waals surface area contributed by atoms with Crippen molar-refractivity contribution in [3.8, 4) is 0 Å². The van der Waals surface area contributed by atoms with Crippen molar-refractivity contribution in [2.24, 2.45) is 0 Å². The molecule has 10 heavy (non-hydrogen) atoms. The Hall–Kier alpha value is -1.25. The Morgan fingerprint density at radius 1 is 1.70 bits per heavy atom. The Labute approximate surface area is 60.4 Å². The van der Waals surface area contributed by atoms with Gasteiger partial charge in [-0.1, -0.05) is 6.08 Å². The van der Waals surface area contributed by atoms with Gasteiger partial charge in [-0.2, -0.15) is 0 Å². The molecule has 1 saturated heterocycles. The first kappa shape index (κ1) is 8.75. The van der Waals surface area contributed by atoms with Crippen LogP contribution in [0.1, 0.15) is 0 Å². The van der Waals surface area contributed by atoms with Crippen LogP contribution in [-0.2, 0) is 4.74 Å². The van der Waals surface area contributed by atoms with Crippen LogP contribution < -0.4 is 5.32 Å². The Morgan fingerprint density at radius 3 is 2.50 bits per heavy atom. The van der Waals surface area contributed by atoms with Crippen LogP contribution in [0.15, 0.2) is 25.8 Å². The largest absolute Gasteiger partial charge is 0.447 e. The van der Waals surface area contributed by atoms with Gasteiger partial charge >= 0.3 is 6.09 Å². The maximum absolute atomic E-state index is 10.2. The van der Waals surface area contributed by atoms with Crippen molar-refractivity contribution >= 4 is 6.09 Å². The topological polar surface area (TPSA) is 38.3 Å². The van der Waals surface area contributed by atoms with E-state index in [1.807, 2.05) is 0 Å². The zero-order valence-electron chi connectivity index (χ0n) is 5.80. The van der Waals surface area contributed by atoms with Crippen LogP contribution in [0.4, 0.5) is 4.79 Å². The minimum absolute atomic E-state index is 0.0162. The summed E-state index contributed by atoms with van der Waals surface area (Å²) in [7, 11) is 0. The van der Waals surface area contributed by atoms with Gasteiger partial charge in [0.25, 0.3) is 0 Å². The smallest absolute Gasteiger partial charge is 0.407 e. The van der Waals surface area contributed by atoms with E-state index >= 15 is 0 Å². The molecule has 0 aromatic carbocycles. The summed E-state index contributed by atoms with van der Waals surface area (Å²) in [6.07, 6.45) is 1.29. The lowest BCUT2D eigenvalue weighted by atomic mass is 10.3. The highest BCUT2D eigenvalue weighted by atomic mass is 16.6. The van der Waals surface area contributed by atoms with Gasteiger partial charge in [0, 0.05) is 0 Å². The third kappa shape index (κ3) is 2.35. The SMILES string of the molecule is C=C.C=CC1COC(=O)N1. The number of amides is 1. The predicted molar refractivity (Wildman–Crippen MR) is 39.7 cm³/mol. The van der Waals surface area contributed by atoms with E-state index in [4.69, 9.17) is 0 Å². The van der Waals surface area contributed by atoms with Crippen molar-refractivity contribution in [1.82, 2.24) is 5.32 Å². The van der Waals surface area contributed by atoms with Gasteiger partial charge in [0.1, 0.15) is 6.61 Å². The van der Waals surface area contributed by atoms with E-state index in [1.165, 1.54) is 0 Å². The van der Waals surface area contributed by atoms with Gasteiger partial charge in [0.2, 0.25) is 0 Å². The second kappa shape index (κ2) is 4.61. The molecule has 0 spiro atoms. The summed E-state index contributed by atoms with van der Waals surface area (Å²) in [4.78, 5) is 10.2. The number of nitrogens with one attached hydrogen (secondary N) is 1. The number of carbonyl (C=O) groups is 1. The molecular formula is C7H11NO2. The van der Waals surface area contributed by atoms with Crippen LogP contribution in [-0.4, -0.2) is 18.7 Å². The third-order valence-corrected chi connectivity index (χ3v) is 0.982. The summed E-state index contributed by atoms with van der Waals surface area (Å²) in [5.41, 5.74) is 0. The molecule has 1 aliphatic rings. The predicted octanol–water partition coefficient (Wildman–Crippen LogP) is 1.08. The quantitative estimate of drug-likeness (QED) is 0.555. The molecular weight excluding hydrogens is 130 g/mol. The zero-order chi connectivity index (χ0) is 7.98. The molecule has 0 saturated carbocycles. The highest BCUT2D eigenvalue weighted by Gasteiger charge is 2.17. The summed E-state index contributed by atoms with van der Waals surface area (Å²) in [6, 6.07) is 0.0162. The van der Waals surface area contributed by atoms with E-state index in [1.54, 1.807) is 6.08 Å². The Kier molecular flexibility index (Phi) is 4.04. The first-order chi connectivity index (χ1) is 4.83. The Morgan fingerprint density at radius 2 is 2.30 bits per heavy atom. The van der Waals surface area contributed by atoms with Gasteiger partial charge in [0.05, 0.1) is 6.04 Å². The lowest BCUT2D eigenvalue weighted by Gasteiger charge is -1.93. The summed E-state index contributed by atoms with van der Waals surface area (Å²) in [6.45, 7) is 9.90. The second-order valence-corrected chi connectivity index (χ2v) is 1.58. The molecule has 1 unspecified atom stereocenters. The third-order valence-electron chi connectivity index (χ3n) is 0.982. The molecule has 1 N–H and O–H groups in total. The molecule has 1 aliphatic heterocycles. The molecule has 3 heteroatoms. The van der Waals surface area contributed by atoms with Gasteiger partial charge < -0.3 is 10.1 Å². The normalized spacial score (nSPS) is 21.6. The average Bonchev–Trinajstić information content (AvgIpc) is 2.40. The fourth-order valence-electron chi connectivity index (χ4n) is 0.527. The fraction of sp³-hybridized carbons (Fsp3) is 0.286. The number of carbonyl (C=O) groups excluding carboxylic acids is 1. The second-order valence-electron chi connectivity index (χ2n) is 1.58. The van der Waals surface area contributed by atoms with Crippen molar-refractivity contribution in [3.63, 3.8) is 0 Å². The molecule has 0 aliphatic carbocycles. The minimum atomic E-state index is -0.352. The lowest BCUT2D eigenvalue weighted by Crippen LogP contribution is -2.23. The molecule has 0 bridgehead atoms. The van der Waals surface area contributed by atoms with Crippen molar-refractivity contribution in [1.29, 1.82) is 0 Å². The van der Waals surface area contributed by atoms with Gasteiger partial charge in [-0.25, -0.2) is 4.79 Å². The number of ether oxygens (including phenoxy) is 1. The lowest BCUT2D eigenvalue weighted by molar-refractivity contribution is 0.177. The van der Waals surface area contributed by atoms with Crippen molar-refractivity contribution in [3.05, 3.63) is 25.8 Å². The van der Waals surface area contributed by atoms with E-state index in [2.05, 4.69) is 29.8 Å². The number of alkyl carbamates (subject to hydrolysis) is 1. The molecule has 0 aromatic heterocycles. The zero-order valence-corrected chi connectivity index (χ0v) is 5.80. The number of hydrogen-bond donors (Lipinski definition) is 1. The summed E-state index contributed by atoms with van der Waals surface area (Å²) in [5, 5.41) is 2.52. The van der Waals surface area contributed by atoms with E-state index < -0.39 is 0 Å². The van der Waals surface area contributed by atoms with Crippen LogP contribution in [0.3, 0.4) is 0 Å². The van der Waals surface area contributed by atoms with Crippen LogP contribution >= 0.6 is 0 Å². The molecule has 0 aromatic rings. The summed E-state index contributed by atoms with van der Waals surface area (Å²) in [5.74, 6) is 0. The number of cyclic esters (lactones) is 1. The Balaban J connectivity index is 0.000000371. The summed E-state index contributed by atoms with van der Waals surface area (Å²) >= 11 is 0. The summed E-state index contributed by atoms with van der Waals surface area (Å²) < 4.78 is 4.54. The fourth-order valence-corrected chi connectivity index (χ4v) is 0.527. The molecule has 1 heterocycles. The van der Waals surface area contributed by atoms with E-state index in [-0.39, 0.29) is 12.1 Å². The van der Waals surface area contributed by atoms with Crippen molar-refractivity contribution in [2.45, 2.75) is 6.04 Å². The highest BCUT2D eigenvalue weighted by Crippen LogP contribution is 1.96. The number of rotatable bonds is 1. The van der Waals surface area contributed by atoms with Gasteiger partial charge in [-0.15, -0.1) is 19.7 Å². The Bertz CT molecular complexity index is 134. The van der Waals surface area contributed by atoms with Gasteiger partial charge in [-0.05, 0) is 0 Å². The van der Waals surface area contributed by atoms with Crippen molar-refractivity contribution < 1.29 is 9.53 Å². The number of hydrogen-bond acceptors (Lipinski definition) is 2. The molecule has 1 amide bonds. The first-order valence-corrected chi connectivity index (χ1v) is 2.89. The first-order valence-electron chi connectivity index (χ1n) is 2.89. The van der Waals surface area contributed by atoms with E-state index in [9.17, 15) is 4.79 Å². The molecule has 1 rings (SSSR count). The van der Waals surface area contributed by atoms with Gasteiger partial charge in [0.15, 0.2) is 0 Å². The van der Waals surface area contributed by atoms with Crippen LogP contribution in [0.25, 0.3) is 0 Å². The molecule has 56 valence electrons. The molecule has 1 atom stereocenters. The van der Waals surface area contributed by atoms with Gasteiger partial charge in [-0.3, -0.25) is 0 Å². The van der Waals surface area contributed by atoms with E-state index in [0.29, 0.717) is 6.61 Å². The maximum atomic E-state index is 10.2. The van der Waals surface area contributed by atoms with Crippen LogP contribution in [0.5, 0.6) is 0 Å². The maximum Gasteiger partial charge on any atom is 0.407 e. The molecule has 3 nitrogen and oxygen atoms in total. The minimum Gasteiger partial charge on any atom is -0.447 e.